The van der Waals surface area contributed by atoms with E-state index in [4.69, 9.17) is 4.55 Å². The van der Waals surface area contributed by atoms with Gasteiger partial charge in [-0.05, 0) is 28.6 Å². The summed E-state index contributed by atoms with van der Waals surface area (Å²) in [6, 6.07) is 7.00. The van der Waals surface area contributed by atoms with Gasteiger partial charge in [-0.1, -0.05) is 25.5 Å². The molecule has 0 atom stereocenters. The molecule has 0 heterocycles. The molecule has 0 unspecified atom stereocenters. The fraction of sp³-hybridized carbons (Fsp3) is 0.333. The summed E-state index contributed by atoms with van der Waals surface area (Å²) < 4.78 is 31.6. The van der Waals surface area contributed by atoms with Gasteiger partial charge in [0.05, 0.1) is 5.69 Å². The van der Waals surface area contributed by atoms with E-state index in [0.29, 0.717) is 5.69 Å². The van der Waals surface area contributed by atoms with Crippen LogP contribution in [-0.2, 0) is 16.7 Å². The molecule has 0 aliphatic carbocycles. The summed E-state index contributed by atoms with van der Waals surface area (Å²) in [5.41, 5.74) is 1.55. The standard InChI is InChI=1S/C9H12N2O3S.Na/c1-2-3-8-4-6-9(7-5-8)10-11-15(12,13)14;/h4-7H,2-3H2,1H3,(H,12,13,14);/q;+1. The molecule has 0 saturated carbocycles. The summed E-state index contributed by atoms with van der Waals surface area (Å²) in [6.45, 7) is 2.08. The molecule has 1 aromatic rings. The van der Waals surface area contributed by atoms with Crippen molar-refractivity contribution in [3.63, 3.8) is 0 Å². The summed E-state index contributed by atoms with van der Waals surface area (Å²) in [7, 11) is -4.38. The third-order valence-corrected chi connectivity index (χ3v) is 2.02. The van der Waals surface area contributed by atoms with Crippen LogP contribution in [0.15, 0.2) is 33.9 Å². The number of rotatable bonds is 4. The minimum Gasteiger partial charge on any atom is -0.267 e. The zero-order valence-corrected chi connectivity index (χ0v) is 12.1. The molecule has 1 rings (SSSR count). The van der Waals surface area contributed by atoms with Gasteiger partial charge in [-0.2, -0.15) is 8.42 Å². The molecule has 0 fully saturated rings. The average molecular weight is 251 g/mol. The normalized spacial score (nSPS) is 11.4. The Morgan fingerprint density at radius 1 is 1.25 bits per heavy atom. The Morgan fingerprint density at radius 3 is 2.25 bits per heavy atom. The van der Waals surface area contributed by atoms with Gasteiger partial charge in [-0.25, -0.2) is 0 Å². The monoisotopic (exact) mass is 251 g/mol. The Labute approximate surface area is 117 Å². The van der Waals surface area contributed by atoms with Crippen LogP contribution in [0.25, 0.3) is 0 Å². The van der Waals surface area contributed by atoms with Crippen LogP contribution in [0.3, 0.4) is 0 Å². The van der Waals surface area contributed by atoms with Gasteiger partial charge >= 0.3 is 39.9 Å². The average Bonchev–Trinajstić information content (AvgIpc) is 2.16. The number of benzene rings is 1. The SMILES string of the molecule is CCCc1ccc(N=NS(=O)(=O)O)cc1.[Na+]. The van der Waals surface area contributed by atoms with E-state index < -0.39 is 10.3 Å². The van der Waals surface area contributed by atoms with Gasteiger partial charge in [-0.15, -0.1) is 5.11 Å². The third kappa shape index (κ3) is 6.34. The Hall–Kier alpha value is -0.270. The molecule has 0 spiro atoms. The Bertz CT molecular complexity index is 442. The van der Waals surface area contributed by atoms with Crippen molar-refractivity contribution in [2.24, 2.45) is 9.63 Å². The van der Waals surface area contributed by atoms with Gasteiger partial charge in [0.25, 0.3) is 0 Å². The maximum absolute atomic E-state index is 10.3. The fourth-order valence-corrected chi connectivity index (χ4v) is 1.31. The molecule has 0 aromatic heterocycles. The van der Waals surface area contributed by atoms with E-state index in [0.717, 1.165) is 18.4 Å². The molecule has 82 valence electrons. The van der Waals surface area contributed by atoms with Crippen LogP contribution in [-0.4, -0.2) is 13.0 Å². The number of hydrogen-bond donors (Lipinski definition) is 1. The van der Waals surface area contributed by atoms with Crippen molar-refractivity contribution in [2.75, 3.05) is 0 Å². The molecule has 0 radical (unpaired) electrons. The summed E-state index contributed by atoms with van der Waals surface area (Å²) in [5.74, 6) is 0. The molecule has 7 heteroatoms. The number of nitrogens with zero attached hydrogens (tertiary/aromatic N) is 2. The molecule has 0 amide bonds. The van der Waals surface area contributed by atoms with Crippen LogP contribution in [0.5, 0.6) is 0 Å². The van der Waals surface area contributed by atoms with Crippen LogP contribution in [0.4, 0.5) is 5.69 Å². The van der Waals surface area contributed by atoms with Gasteiger partial charge in [0, 0.05) is 0 Å². The Balaban J connectivity index is 0.00000225. The molecule has 1 N–H and O–H groups in total. The fourth-order valence-electron chi connectivity index (χ4n) is 1.12. The van der Waals surface area contributed by atoms with Crippen LogP contribution in [0.1, 0.15) is 18.9 Å². The summed E-state index contributed by atoms with van der Waals surface area (Å²) >= 11 is 0. The van der Waals surface area contributed by atoms with E-state index in [1.165, 1.54) is 0 Å². The quantitative estimate of drug-likeness (QED) is 0.446. The summed E-state index contributed by atoms with van der Waals surface area (Å²) in [6.07, 6.45) is 2.02. The predicted octanol–water partition coefficient (Wildman–Crippen LogP) is -0.470. The summed E-state index contributed by atoms with van der Waals surface area (Å²) in [4.78, 5) is 0. The van der Waals surface area contributed by atoms with Gasteiger partial charge in [-0.3, -0.25) is 4.55 Å². The van der Waals surface area contributed by atoms with Crippen molar-refractivity contribution in [1.29, 1.82) is 0 Å². The van der Waals surface area contributed by atoms with E-state index in [1.54, 1.807) is 12.1 Å². The second kappa shape index (κ2) is 7.13. The summed E-state index contributed by atoms with van der Waals surface area (Å²) in [5, 5.41) is 3.37. The number of hydrogen-bond acceptors (Lipinski definition) is 3. The van der Waals surface area contributed by atoms with Crippen molar-refractivity contribution in [2.45, 2.75) is 19.8 Å². The minimum atomic E-state index is -4.38. The maximum atomic E-state index is 10.3. The van der Waals surface area contributed by atoms with E-state index in [1.807, 2.05) is 12.1 Å². The molecule has 1 aromatic carbocycles. The van der Waals surface area contributed by atoms with E-state index in [2.05, 4.69) is 16.6 Å². The third-order valence-electron chi connectivity index (χ3n) is 1.73. The predicted molar refractivity (Wildman–Crippen MR) is 56.5 cm³/mol. The molecule has 0 bridgehead atoms. The first-order valence-electron chi connectivity index (χ1n) is 4.50. The first-order valence-corrected chi connectivity index (χ1v) is 5.90. The van der Waals surface area contributed by atoms with Gasteiger partial charge < -0.3 is 0 Å². The van der Waals surface area contributed by atoms with Crippen LogP contribution < -0.4 is 29.6 Å². The Kier molecular flexibility index (Phi) is 7.01. The van der Waals surface area contributed by atoms with Gasteiger partial charge in [0.2, 0.25) is 0 Å². The molecule has 5 nitrogen and oxygen atoms in total. The largest absolute Gasteiger partial charge is 1.00 e. The maximum Gasteiger partial charge on any atom is 1.00 e. The molecule has 0 saturated heterocycles. The first kappa shape index (κ1) is 15.7. The Morgan fingerprint density at radius 2 is 1.81 bits per heavy atom. The van der Waals surface area contributed by atoms with Crippen molar-refractivity contribution in [3.8, 4) is 0 Å². The zero-order valence-electron chi connectivity index (χ0n) is 9.29. The van der Waals surface area contributed by atoms with Crippen LogP contribution in [0, 0.1) is 0 Å². The van der Waals surface area contributed by atoms with Gasteiger partial charge in [0.1, 0.15) is 0 Å². The topological polar surface area (TPSA) is 79.1 Å². The minimum absolute atomic E-state index is 0. The second-order valence-electron chi connectivity index (χ2n) is 3.05. The van der Waals surface area contributed by atoms with Gasteiger partial charge in [0.15, 0.2) is 0 Å². The zero-order chi connectivity index (χ0) is 11.3. The second-order valence-corrected chi connectivity index (χ2v) is 4.10. The number of aryl methyl sites for hydroxylation is 1. The van der Waals surface area contributed by atoms with Crippen molar-refractivity contribution in [3.05, 3.63) is 29.8 Å². The van der Waals surface area contributed by atoms with E-state index in [9.17, 15) is 8.42 Å². The molecule has 16 heavy (non-hydrogen) atoms. The molecular weight excluding hydrogens is 239 g/mol. The van der Waals surface area contributed by atoms with Crippen LogP contribution >= 0.6 is 0 Å². The van der Waals surface area contributed by atoms with E-state index >= 15 is 0 Å². The van der Waals surface area contributed by atoms with Crippen molar-refractivity contribution < 1.29 is 42.5 Å². The van der Waals surface area contributed by atoms with Crippen LogP contribution in [0.2, 0.25) is 0 Å². The first-order chi connectivity index (χ1) is 7.01. The van der Waals surface area contributed by atoms with Crippen molar-refractivity contribution >= 4 is 16.0 Å². The molecule has 0 aliphatic rings. The molecular formula is C9H12N2NaO3S+. The van der Waals surface area contributed by atoms with Crippen molar-refractivity contribution in [1.82, 2.24) is 0 Å². The van der Waals surface area contributed by atoms with E-state index in [-0.39, 0.29) is 29.6 Å². The molecule has 0 aliphatic heterocycles. The smallest absolute Gasteiger partial charge is 0.267 e.